The quantitative estimate of drug-likeness (QED) is 0.192. The molecule has 1 heterocycles. The molecule has 0 bridgehead atoms. The average Bonchev–Trinajstić information content (AvgIpc) is 3.38. The van der Waals surface area contributed by atoms with Crippen LogP contribution in [0.25, 0.3) is 16.9 Å². The van der Waals surface area contributed by atoms with Gasteiger partial charge in [-0.3, -0.25) is 4.79 Å². The minimum Gasteiger partial charge on any atom is -0.489 e. The predicted octanol–water partition coefficient (Wildman–Crippen LogP) is 6.54. The lowest BCUT2D eigenvalue weighted by atomic mass is 10.1. The summed E-state index contributed by atoms with van der Waals surface area (Å²) in [5.41, 5.74) is 7.51. The van der Waals surface area contributed by atoms with Crippen molar-refractivity contribution >= 4 is 23.7 Å². The van der Waals surface area contributed by atoms with Crippen LogP contribution in [-0.4, -0.2) is 21.9 Å². The van der Waals surface area contributed by atoms with Crippen molar-refractivity contribution in [2.75, 3.05) is 0 Å². The minimum atomic E-state index is -0.322. The summed E-state index contributed by atoms with van der Waals surface area (Å²) in [6.07, 6.45) is 3.50. The van der Waals surface area contributed by atoms with Crippen LogP contribution in [0.2, 0.25) is 5.02 Å². The largest absolute Gasteiger partial charge is 0.489 e. The van der Waals surface area contributed by atoms with Gasteiger partial charge in [0.2, 0.25) is 0 Å². The van der Waals surface area contributed by atoms with Crippen LogP contribution >= 0.6 is 11.6 Å². The van der Waals surface area contributed by atoms with Crippen LogP contribution in [0.5, 0.6) is 5.75 Å². The maximum Gasteiger partial charge on any atom is 0.271 e. The number of nitrogens with one attached hydrogen (secondary N) is 1. The molecule has 37 heavy (non-hydrogen) atoms. The second-order valence-electron chi connectivity index (χ2n) is 8.22. The third-order valence-corrected chi connectivity index (χ3v) is 5.87. The van der Waals surface area contributed by atoms with Gasteiger partial charge in [-0.1, -0.05) is 72.3 Å². The summed E-state index contributed by atoms with van der Waals surface area (Å²) in [5.74, 6) is 0.341. The molecule has 0 unspecified atom stereocenters. The number of hydrogen-bond donors (Lipinski definition) is 1. The van der Waals surface area contributed by atoms with Crippen LogP contribution in [0, 0.1) is 0 Å². The summed E-state index contributed by atoms with van der Waals surface area (Å²) >= 11 is 5.92. The van der Waals surface area contributed by atoms with Gasteiger partial charge in [-0.15, -0.1) is 0 Å². The molecular weight excluding hydrogens is 484 g/mol. The summed E-state index contributed by atoms with van der Waals surface area (Å²) in [4.78, 5) is 12.6. The van der Waals surface area contributed by atoms with Crippen LogP contribution in [0.1, 0.15) is 21.5 Å². The first-order chi connectivity index (χ1) is 18.2. The maximum absolute atomic E-state index is 12.6. The van der Waals surface area contributed by atoms with Crippen LogP contribution in [0.15, 0.2) is 120 Å². The van der Waals surface area contributed by atoms with E-state index in [-0.39, 0.29) is 5.91 Å². The normalized spacial score (nSPS) is 10.9. The van der Waals surface area contributed by atoms with Crippen LogP contribution in [0.3, 0.4) is 0 Å². The number of rotatable bonds is 8. The van der Waals surface area contributed by atoms with Crippen molar-refractivity contribution in [3.8, 4) is 22.7 Å². The molecule has 1 N–H and O–H groups in total. The topological polar surface area (TPSA) is 68.5 Å². The van der Waals surface area contributed by atoms with Gasteiger partial charge < -0.3 is 4.74 Å². The molecule has 182 valence electrons. The molecule has 0 aliphatic rings. The number of amides is 1. The van der Waals surface area contributed by atoms with Crippen molar-refractivity contribution in [3.63, 3.8) is 0 Å². The highest BCUT2D eigenvalue weighted by atomic mass is 35.5. The lowest BCUT2D eigenvalue weighted by Gasteiger charge is -2.07. The van der Waals surface area contributed by atoms with E-state index < -0.39 is 0 Å². The van der Waals surface area contributed by atoms with Crippen molar-refractivity contribution in [2.24, 2.45) is 5.10 Å². The lowest BCUT2D eigenvalue weighted by Crippen LogP contribution is -2.17. The van der Waals surface area contributed by atoms with Crippen molar-refractivity contribution < 1.29 is 9.53 Å². The predicted molar refractivity (Wildman–Crippen MR) is 146 cm³/mol. The highest BCUT2D eigenvalue weighted by molar-refractivity contribution is 6.30. The van der Waals surface area contributed by atoms with E-state index in [0.717, 1.165) is 28.1 Å². The SMILES string of the molecule is O=C(N/N=C/c1cn(-c2ccccc2)nc1-c1ccccc1)c1ccc(OCc2ccc(Cl)cc2)cc1. The Kier molecular flexibility index (Phi) is 7.39. The molecule has 0 atom stereocenters. The van der Waals surface area contributed by atoms with E-state index in [0.29, 0.717) is 22.9 Å². The Morgan fingerprint density at radius 3 is 2.27 bits per heavy atom. The fraction of sp³-hybridized carbons (Fsp3) is 0.0333. The average molecular weight is 507 g/mol. The number of benzene rings is 4. The number of aromatic nitrogens is 2. The molecular formula is C30H23ClN4O2. The summed E-state index contributed by atoms with van der Waals surface area (Å²) in [5, 5.41) is 9.63. The monoisotopic (exact) mass is 506 g/mol. The second kappa shape index (κ2) is 11.4. The van der Waals surface area contributed by atoms with E-state index in [2.05, 4.69) is 10.5 Å². The number of carbonyl (C=O) groups is 1. The van der Waals surface area contributed by atoms with Gasteiger partial charge in [0.25, 0.3) is 5.91 Å². The Hall–Kier alpha value is -4.68. The molecule has 4 aromatic carbocycles. The Labute approximate surface area is 219 Å². The number of halogens is 1. The lowest BCUT2D eigenvalue weighted by molar-refractivity contribution is 0.0955. The van der Waals surface area contributed by atoms with Crippen LogP contribution in [0.4, 0.5) is 0 Å². The Bertz CT molecular complexity index is 1500. The first-order valence-electron chi connectivity index (χ1n) is 11.7. The Balaban J connectivity index is 1.26. The molecule has 1 aromatic heterocycles. The van der Waals surface area contributed by atoms with Gasteiger partial charge in [0.05, 0.1) is 11.9 Å². The minimum absolute atomic E-state index is 0.322. The number of hydrazone groups is 1. The molecule has 0 saturated carbocycles. The molecule has 0 aliphatic heterocycles. The molecule has 5 aromatic rings. The number of carbonyl (C=O) groups excluding carboxylic acids is 1. The highest BCUT2D eigenvalue weighted by Crippen LogP contribution is 2.22. The van der Waals surface area contributed by atoms with Gasteiger partial charge in [0, 0.05) is 27.9 Å². The van der Waals surface area contributed by atoms with Gasteiger partial charge >= 0.3 is 0 Å². The maximum atomic E-state index is 12.6. The van der Waals surface area contributed by atoms with E-state index in [4.69, 9.17) is 21.4 Å². The Morgan fingerprint density at radius 1 is 0.892 bits per heavy atom. The fourth-order valence-corrected chi connectivity index (χ4v) is 3.82. The van der Waals surface area contributed by atoms with Gasteiger partial charge in [0.1, 0.15) is 18.1 Å². The molecule has 0 aliphatic carbocycles. The zero-order valence-electron chi connectivity index (χ0n) is 19.8. The van der Waals surface area contributed by atoms with Gasteiger partial charge in [-0.05, 0) is 54.1 Å². The molecule has 0 saturated heterocycles. The van der Waals surface area contributed by atoms with E-state index in [9.17, 15) is 4.79 Å². The number of ether oxygens (including phenoxy) is 1. The first-order valence-corrected chi connectivity index (χ1v) is 12.0. The summed E-state index contributed by atoms with van der Waals surface area (Å²) < 4.78 is 7.59. The molecule has 0 fully saturated rings. The standard InChI is InChI=1S/C30H23ClN4O2/c31-26-15-11-22(12-16-26)21-37-28-17-13-24(14-18-28)30(36)33-32-19-25-20-35(27-9-5-2-6-10-27)34-29(25)23-7-3-1-4-8-23/h1-20H,21H2,(H,33,36)/b32-19+. The van der Waals surface area contributed by atoms with Crippen molar-refractivity contribution in [3.05, 3.63) is 137 Å². The molecule has 0 radical (unpaired) electrons. The number of para-hydroxylation sites is 1. The number of hydrogen-bond acceptors (Lipinski definition) is 4. The Morgan fingerprint density at radius 2 is 1.57 bits per heavy atom. The molecule has 7 heteroatoms. The molecule has 5 rings (SSSR count). The second-order valence-corrected chi connectivity index (χ2v) is 8.65. The third-order valence-electron chi connectivity index (χ3n) is 5.62. The van der Waals surface area contributed by atoms with Gasteiger partial charge in [0.15, 0.2) is 0 Å². The highest BCUT2D eigenvalue weighted by Gasteiger charge is 2.11. The summed E-state index contributed by atoms with van der Waals surface area (Å²) in [7, 11) is 0. The smallest absolute Gasteiger partial charge is 0.271 e. The molecule has 1 amide bonds. The van der Waals surface area contributed by atoms with E-state index in [1.807, 2.05) is 91.1 Å². The summed E-state index contributed by atoms with van der Waals surface area (Å²) in [6, 6.07) is 34.1. The molecule has 0 spiro atoms. The fourth-order valence-electron chi connectivity index (χ4n) is 3.69. The summed E-state index contributed by atoms with van der Waals surface area (Å²) in [6.45, 7) is 0.410. The van der Waals surface area contributed by atoms with Crippen molar-refractivity contribution in [1.82, 2.24) is 15.2 Å². The van der Waals surface area contributed by atoms with Crippen molar-refractivity contribution in [1.29, 1.82) is 0 Å². The zero-order chi connectivity index (χ0) is 25.5. The van der Waals surface area contributed by atoms with Crippen LogP contribution in [-0.2, 0) is 6.61 Å². The first kappa shape index (κ1) is 24.0. The zero-order valence-corrected chi connectivity index (χ0v) is 20.5. The van der Waals surface area contributed by atoms with E-state index in [1.54, 1.807) is 35.2 Å². The third kappa shape index (κ3) is 6.12. The van der Waals surface area contributed by atoms with Crippen molar-refractivity contribution in [2.45, 2.75) is 6.61 Å². The van der Waals surface area contributed by atoms with Gasteiger partial charge in [-0.2, -0.15) is 10.2 Å². The van der Waals surface area contributed by atoms with Crippen LogP contribution < -0.4 is 10.2 Å². The number of nitrogens with zero attached hydrogens (tertiary/aromatic N) is 3. The molecule has 6 nitrogen and oxygen atoms in total. The van der Waals surface area contributed by atoms with E-state index >= 15 is 0 Å². The van der Waals surface area contributed by atoms with E-state index in [1.165, 1.54) is 0 Å². The van der Waals surface area contributed by atoms with Gasteiger partial charge in [-0.25, -0.2) is 10.1 Å².